The Kier molecular flexibility index (Phi) is 2.04. The van der Waals surface area contributed by atoms with Crippen LogP contribution >= 0.6 is 0 Å². The summed E-state index contributed by atoms with van der Waals surface area (Å²) in [7, 11) is 1.94. The van der Waals surface area contributed by atoms with Crippen LogP contribution in [0.25, 0.3) is 10.9 Å². The Morgan fingerprint density at radius 1 is 1.35 bits per heavy atom. The fraction of sp³-hybridized carbons (Fsp3) is 0.231. The zero-order valence-electron chi connectivity index (χ0n) is 9.77. The average molecular weight is 227 g/mol. The van der Waals surface area contributed by atoms with Crippen molar-refractivity contribution in [3.05, 3.63) is 30.5 Å². The van der Waals surface area contributed by atoms with Crippen molar-refractivity contribution in [1.82, 2.24) is 4.98 Å². The van der Waals surface area contributed by atoms with Crippen LogP contribution in [0.3, 0.4) is 0 Å². The summed E-state index contributed by atoms with van der Waals surface area (Å²) in [6.45, 7) is 1.90. The van der Waals surface area contributed by atoms with E-state index in [9.17, 15) is 4.79 Å². The SMILES string of the molecule is CC1C(=O)Nc2cnc3ccccc3c2N1C. The summed E-state index contributed by atoms with van der Waals surface area (Å²) >= 11 is 0. The van der Waals surface area contributed by atoms with E-state index in [0.29, 0.717) is 0 Å². The molecule has 1 unspecified atom stereocenters. The van der Waals surface area contributed by atoms with E-state index >= 15 is 0 Å². The number of aromatic nitrogens is 1. The maximum absolute atomic E-state index is 11.7. The van der Waals surface area contributed by atoms with E-state index in [4.69, 9.17) is 0 Å². The van der Waals surface area contributed by atoms with Crippen LogP contribution < -0.4 is 10.2 Å². The normalized spacial score (nSPS) is 19.1. The number of hydrogen-bond donors (Lipinski definition) is 1. The molecule has 3 rings (SSSR count). The predicted octanol–water partition coefficient (Wildman–Crippen LogP) is 2.01. The van der Waals surface area contributed by atoms with E-state index in [2.05, 4.69) is 10.3 Å². The number of pyridine rings is 1. The standard InChI is InChI=1S/C13H13N3O/c1-8-13(17)15-11-7-14-10-6-4-3-5-9(10)12(11)16(8)2/h3-8H,1-2H3,(H,15,17). The highest BCUT2D eigenvalue weighted by atomic mass is 16.2. The van der Waals surface area contributed by atoms with Gasteiger partial charge in [-0.25, -0.2) is 0 Å². The summed E-state index contributed by atoms with van der Waals surface area (Å²) in [5.74, 6) is 0.0112. The minimum Gasteiger partial charge on any atom is -0.361 e. The smallest absolute Gasteiger partial charge is 0.246 e. The fourth-order valence-electron chi connectivity index (χ4n) is 2.20. The minimum absolute atomic E-state index is 0.0112. The third-order valence-electron chi connectivity index (χ3n) is 3.32. The van der Waals surface area contributed by atoms with Crippen LogP contribution in [0.5, 0.6) is 0 Å². The first kappa shape index (κ1) is 10.1. The van der Waals surface area contributed by atoms with E-state index in [1.807, 2.05) is 43.1 Å². The Balaban J connectivity index is 2.32. The largest absolute Gasteiger partial charge is 0.361 e. The van der Waals surface area contributed by atoms with Gasteiger partial charge >= 0.3 is 0 Å². The molecule has 2 aromatic rings. The number of fused-ring (bicyclic) bond motifs is 3. The van der Waals surface area contributed by atoms with Crippen LogP contribution in [0.2, 0.25) is 0 Å². The molecule has 4 heteroatoms. The lowest BCUT2D eigenvalue weighted by molar-refractivity contribution is -0.117. The van der Waals surface area contributed by atoms with E-state index in [-0.39, 0.29) is 11.9 Å². The topological polar surface area (TPSA) is 45.2 Å². The lowest BCUT2D eigenvalue weighted by Gasteiger charge is -2.33. The van der Waals surface area contributed by atoms with Gasteiger partial charge in [0.05, 0.1) is 23.1 Å². The van der Waals surface area contributed by atoms with E-state index in [0.717, 1.165) is 22.3 Å². The number of rotatable bonds is 0. The van der Waals surface area contributed by atoms with Crippen molar-refractivity contribution >= 4 is 28.2 Å². The Hall–Kier alpha value is -2.10. The summed E-state index contributed by atoms with van der Waals surface area (Å²) in [5, 5.41) is 3.96. The number of carbonyl (C=O) groups is 1. The van der Waals surface area contributed by atoms with Gasteiger partial charge in [0.15, 0.2) is 0 Å². The molecule has 0 radical (unpaired) electrons. The molecule has 1 amide bonds. The van der Waals surface area contributed by atoms with Crippen molar-refractivity contribution in [3.63, 3.8) is 0 Å². The maximum Gasteiger partial charge on any atom is 0.246 e. The number of benzene rings is 1. The van der Waals surface area contributed by atoms with Crippen LogP contribution in [0, 0.1) is 0 Å². The highest BCUT2D eigenvalue weighted by Crippen LogP contribution is 2.36. The summed E-state index contributed by atoms with van der Waals surface area (Å²) in [6.07, 6.45) is 1.72. The van der Waals surface area contributed by atoms with Crippen LogP contribution in [0.1, 0.15) is 6.92 Å². The van der Waals surface area contributed by atoms with Gasteiger partial charge in [0.1, 0.15) is 6.04 Å². The second-order valence-corrected chi connectivity index (χ2v) is 4.31. The first-order chi connectivity index (χ1) is 8.18. The van der Waals surface area contributed by atoms with Gasteiger partial charge in [0, 0.05) is 12.4 Å². The van der Waals surface area contributed by atoms with Crippen molar-refractivity contribution in [2.45, 2.75) is 13.0 Å². The van der Waals surface area contributed by atoms with Gasteiger partial charge in [-0.1, -0.05) is 18.2 Å². The monoisotopic (exact) mass is 227 g/mol. The highest BCUT2D eigenvalue weighted by molar-refractivity contribution is 6.09. The second kappa shape index (κ2) is 3.45. The van der Waals surface area contributed by atoms with Gasteiger partial charge in [-0.15, -0.1) is 0 Å². The molecule has 4 nitrogen and oxygen atoms in total. The molecule has 0 bridgehead atoms. The molecular weight excluding hydrogens is 214 g/mol. The second-order valence-electron chi connectivity index (χ2n) is 4.31. The fourth-order valence-corrected chi connectivity index (χ4v) is 2.20. The number of likely N-dealkylation sites (N-methyl/N-ethyl adjacent to an activating group) is 1. The van der Waals surface area contributed by atoms with Crippen molar-refractivity contribution in [2.24, 2.45) is 0 Å². The Morgan fingerprint density at radius 3 is 2.94 bits per heavy atom. The maximum atomic E-state index is 11.7. The quantitative estimate of drug-likeness (QED) is 0.748. The molecule has 86 valence electrons. The molecule has 0 spiro atoms. The van der Waals surface area contributed by atoms with Crippen LogP contribution in [0.15, 0.2) is 30.5 Å². The van der Waals surface area contributed by atoms with Crippen LogP contribution in [-0.2, 0) is 4.79 Å². The molecule has 1 N–H and O–H groups in total. The summed E-state index contributed by atoms with van der Waals surface area (Å²) in [4.78, 5) is 18.1. The summed E-state index contributed by atoms with van der Waals surface area (Å²) in [6, 6.07) is 7.80. The molecule has 1 atom stereocenters. The summed E-state index contributed by atoms with van der Waals surface area (Å²) in [5.41, 5.74) is 2.78. The Labute approximate surface area is 99.3 Å². The third kappa shape index (κ3) is 1.37. The lowest BCUT2D eigenvalue weighted by atomic mass is 10.1. The van der Waals surface area contributed by atoms with Crippen LogP contribution in [0.4, 0.5) is 11.4 Å². The van der Waals surface area contributed by atoms with Gasteiger partial charge in [0.2, 0.25) is 5.91 Å². The number of nitrogens with one attached hydrogen (secondary N) is 1. The molecular formula is C13H13N3O. The number of anilines is 2. The zero-order valence-corrected chi connectivity index (χ0v) is 9.77. The minimum atomic E-state index is -0.159. The Morgan fingerprint density at radius 2 is 2.12 bits per heavy atom. The molecule has 17 heavy (non-hydrogen) atoms. The van der Waals surface area contributed by atoms with Gasteiger partial charge in [-0.2, -0.15) is 0 Å². The van der Waals surface area contributed by atoms with E-state index in [1.165, 1.54) is 0 Å². The zero-order chi connectivity index (χ0) is 12.0. The first-order valence-electron chi connectivity index (χ1n) is 5.60. The van der Waals surface area contributed by atoms with Gasteiger partial charge in [0.25, 0.3) is 0 Å². The molecule has 1 aliphatic rings. The van der Waals surface area contributed by atoms with Crippen LogP contribution in [-0.4, -0.2) is 24.0 Å². The molecule has 1 aromatic carbocycles. The molecule has 1 aromatic heterocycles. The third-order valence-corrected chi connectivity index (χ3v) is 3.32. The first-order valence-corrected chi connectivity index (χ1v) is 5.60. The average Bonchev–Trinajstić information content (AvgIpc) is 2.35. The highest BCUT2D eigenvalue weighted by Gasteiger charge is 2.28. The molecule has 1 aliphatic heterocycles. The molecule has 0 aliphatic carbocycles. The number of amides is 1. The molecule has 0 fully saturated rings. The number of para-hydroxylation sites is 1. The predicted molar refractivity (Wildman–Crippen MR) is 68.2 cm³/mol. The van der Waals surface area contributed by atoms with Crippen molar-refractivity contribution in [1.29, 1.82) is 0 Å². The van der Waals surface area contributed by atoms with Gasteiger partial charge < -0.3 is 10.2 Å². The van der Waals surface area contributed by atoms with Crippen molar-refractivity contribution in [3.8, 4) is 0 Å². The van der Waals surface area contributed by atoms with Crippen molar-refractivity contribution in [2.75, 3.05) is 17.3 Å². The van der Waals surface area contributed by atoms with Gasteiger partial charge in [-0.05, 0) is 13.0 Å². The number of hydrogen-bond acceptors (Lipinski definition) is 3. The lowest BCUT2D eigenvalue weighted by Crippen LogP contribution is -2.44. The van der Waals surface area contributed by atoms with E-state index in [1.54, 1.807) is 6.20 Å². The molecule has 2 heterocycles. The molecule has 0 saturated heterocycles. The van der Waals surface area contributed by atoms with Crippen molar-refractivity contribution < 1.29 is 4.79 Å². The number of carbonyl (C=O) groups excluding carboxylic acids is 1. The number of nitrogens with zero attached hydrogens (tertiary/aromatic N) is 2. The molecule has 0 saturated carbocycles. The van der Waals surface area contributed by atoms with E-state index < -0.39 is 0 Å². The Bertz CT molecular complexity index is 609. The van der Waals surface area contributed by atoms with Gasteiger partial charge in [-0.3, -0.25) is 9.78 Å². The summed E-state index contributed by atoms with van der Waals surface area (Å²) < 4.78 is 0.